The smallest absolute Gasteiger partial charge is 0.273 e. The summed E-state index contributed by atoms with van der Waals surface area (Å²) >= 11 is 6.06. The number of rotatable bonds is 6. The van der Waals surface area contributed by atoms with Gasteiger partial charge in [-0.15, -0.1) is 10.2 Å². The maximum atomic E-state index is 12.9. The maximum absolute atomic E-state index is 12.9. The molecule has 13 heteroatoms. The highest BCUT2D eigenvalue weighted by molar-refractivity contribution is 7.93. The van der Waals surface area contributed by atoms with Crippen molar-refractivity contribution in [1.29, 1.82) is 0 Å². The van der Waals surface area contributed by atoms with Crippen LogP contribution in [0.15, 0.2) is 21.4 Å². The second-order valence-corrected chi connectivity index (χ2v) is 9.46. The molecule has 0 spiro atoms. The summed E-state index contributed by atoms with van der Waals surface area (Å²) in [6.45, 7) is 0. The van der Waals surface area contributed by atoms with Gasteiger partial charge in [0, 0.05) is 32.3 Å². The fourth-order valence-corrected chi connectivity index (χ4v) is 3.70. The number of nitrogens with one attached hydrogen (secondary N) is 3. The highest BCUT2D eigenvalue weighted by Gasteiger charge is 2.30. The number of pyridine rings is 1. The Morgan fingerprint density at radius 2 is 2.00 bits per heavy atom. The van der Waals surface area contributed by atoms with Crippen LogP contribution < -0.4 is 21.7 Å². The Bertz CT molecular complexity index is 1140. The van der Waals surface area contributed by atoms with Crippen molar-refractivity contribution in [1.82, 2.24) is 20.5 Å². The van der Waals surface area contributed by atoms with E-state index in [-0.39, 0.29) is 50.6 Å². The van der Waals surface area contributed by atoms with Gasteiger partial charge in [0.2, 0.25) is 5.91 Å². The van der Waals surface area contributed by atoms with Crippen LogP contribution in [-0.2, 0) is 14.5 Å². The summed E-state index contributed by atoms with van der Waals surface area (Å²) < 4.78 is 16.8. The van der Waals surface area contributed by atoms with Gasteiger partial charge in [-0.25, -0.2) is 13.6 Å². The quantitative estimate of drug-likeness (QED) is 0.513. The lowest BCUT2D eigenvalue weighted by molar-refractivity contribution is -0.117. The molecule has 1 saturated carbocycles. The van der Waals surface area contributed by atoms with E-state index >= 15 is 0 Å². The molecule has 3 rings (SSSR count). The largest absolute Gasteiger partial charge is 0.382 e. The lowest BCUT2D eigenvalue weighted by Crippen LogP contribution is -2.23. The zero-order valence-corrected chi connectivity index (χ0v) is 18.1. The average molecular weight is 453 g/mol. The Balaban J connectivity index is 2.08. The number of hydrogen-bond acceptors (Lipinski definition) is 9. The molecule has 1 unspecified atom stereocenters. The molecule has 1 aliphatic carbocycles. The number of aromatic nitrogens is 3. The first-order chi connectivity index (χ1) is 14.2. The molecule has 2 aromatic heterocycles. The third-order valence-electron chi connectivity index (χ3n) is 4.41. The van der Waals surface area contributed by atoms with Crippen molar-refractivity contribution in [3.05, 3.63) is 22.8 Å². The molecule has 0 aliphatic heterocycles. The van der Waals surface area contributed by atoms with Gasteiger partial charge in [0.05, 0.1) is 25.3 Å². The topological polar surface area (TPSA) is 164 Å². The molecule has 1 atom stereocenters. The molecule has 0 radical (unpaired) electrons. The summed E-state index contributed by atoms with van der Waals surface area (Å²) in [7, 11) is -0.00688. The van der Waals surface area contributed by atoms with Crippen LogP contribution in [0.1, 0.15) is 23.3 Å². The number of anilines is 4. The van der Waals surface area contributed by atoms with Gasteiger partial charge >= 0.3 is 0 Å². The first kappa shape index (κ1) is 21.7. The molecule has 2 amide bonds. The van der Waals surface area contributed by atoms with E-state index in [0.29, 0.717) is 0 Å². The van der Waals surface area contributed by atoms with Crippen LogP contribution in [0.25, 0.3) is 0 Å². The molecule has 5 N–H and O–H groups in total. The number of amides is 2. The van der Waals surface area contributed by atoms with Crippen LogP contribution in [0, 0.1) is 5.92 Å². The van der Waals surface area contributed by atoms with E-state index in [4.69, 9.17) is 17.3 Å². The van der Waals surface area contributed by atoms with E-state index in [1.807, 2.05) is 0 Å². The van der Waals surface area contributed by atoms with Crippen LogP contribution in [0.4, 0.5) is 23.1 Å². The fraction of sp³-hybridized carbons (Fsp3) is 0.353. The first-order valence-electron chi connectivity index (χ1n) is 8.90. The Kier molecular flexibility index (Phi) is 6.08. The first-order valence-corrected chi connectivity index (χ1v) is 11.2. The van der Waals surface area contributed by atoms with Gasteiger partial charge in [-0.1, -0.05) is 11.6 Å². The number of carbonyl (C=O) groups excluding carboxylic acids is 2. The van der Waals surface area contributed by atoms with Crippen molar-refractivity contribution in [2.24, 2.45) is 10.3 Å². The van der Waals surface area contributed by atoms with Crippen molar-refractivity contribution >= 4 is 56.3 Å². The predicted molar refractivity (Wildman–Crippen MR) is 114 cm³/mol. The van der Waals surface area contributed by atoms with Gasteiger partial charge in [0.1, 0.15) is 11.6 Å². The Morgan fingerprint density at radius 1 is 1.30 bits per heavy atom. The minimum atomic E-state index is -2.86. The maximum Gasteiger partial charge on any atom is 0.273 e. The second-order valence-electron chi connectivity index (χ2n) is 6.65. The number of nitrogens with zero attached hydrogens (tertiary/aromatic N) is 4. The van der Waals surface area contributed by atoms with Crippen LogP contribution >= 0.6 is 11.6 Å². The lowest BCUT2D eigenvalue weighted by Gasteiger charge is -2.16. The molecular formula is C17H21ClN8O3S. The average Bonchev–Trinajstić information content (AvgIpc) is 3.55. The molecule has 1 fully saturated rings. The van der Waals surface area contributed by atoms with Gasteiger partial charge in [-0.05, 0) is 18.9 Å². The molecule has 0 saturated heterocycles. The molecular weight excluding hydrogens is 432 g/mol. The van der Waals surface area contributed by atoms with E-state index in [9.17, 15) is 13.8 Å². The summed E-state index contributed by atoms with van der Waals surface area (Å²) in [5, 5.41) is 16.0. The van der Waals surface area contributed by atoms with E-state index in [0.717, 1.165) is 12.8 Å². The molecule has 0 aromatic carbocycles. The molecule has 30 heavy (non-hydrogen) atoms. The number of halogens is 1. The van der Waals surface area contributed by atoms with Crippen LogP contribution in [0.5, 0.6) is 0 Å². The zero-order valence-electron chi connectivity index (χ0n) is 16.5. The highest BCUT2D eigenvalue weighted by atomic mass is 35.5. The lowest BCUT2D eigenvalue weighted by atomic mass is 10.2. The third kappa shape index (κ3) is 4.60. The number of carbonyl (C=O) groups is 2. The summed E-state index contributed by atoms with van der Waals surface area (Å²) in [6, 6.07) is 2.85. The fourth-order valence-electron chi connectivity index (χ4n) is 2.50. The number of nitrogen functional groups attached to an aromatic ring is 1. The Labute approximate surface area is 178 Å². The summed E-state index contributed by atoms with van der Waals surface area (Å²) in [5.41, 5.74) is 5.94. The van der Waals surface area contributed by atoms with Crippen molar-refractivity contribution < 1.29 is 13.8 Å². The number of nitrogens with two attached hydrogens (primary N) is 1. The number of hydrogen-bond donors (Lipinski definition) is 4. The molecule has 2 aromatic rings. The monoisotopic (exact) mass is 452 g/mol. The minimum absolute atomic E-state index is 0.0000114. The van der Waals surface area contributed by atoms with E-state index < -0.39 is 15.6 Å². The molecule has 11 nitrogen and oxygen atoms in total. The standard InChI is InChI=1S/C17H21ClN8O3S/c1-20-17(28)13-10(7-12(25-26-13)23-16(27)8-4-5-8)22-15-11(30(3,29)21-2)6-9(18)14(19)24-15/h6-8H,4-5H2,1-3H3,(H,20,28)(H4,19,22,23,24,25,27). The predicted octanol–water partition coefficient (Wildman–Crippen LogP) is 1.65. The van der Waals surface area contributed by atoms with Crippen molar-refractivity contribution in [3.8, 4) is 0 Å². The Morgan fingerprint density at radius 3 is 2.60 bits per heavy atom. The van der Waals surface area contributed by atoms with Crippen molar-refractivity contribution in [3.63, 3.8) is 0 Å². The summed E-state index contributed by atoms with van der Waals surface area (Å²) in [6.07, 6.45) is 3.07. The van der Waals surface area contributed by atoms with E-state index in [1.165, 1.54) is 32.5 Å². The Hall–Kier alpha value is -2.99. The summed E-state index contributed by atoms with van der Waals surface area (Å²) in [5.74, 6) is -0.484. The van der Waals surface area contributed by atoms with E-state index in [1.54, 1.807) is 0 Å². The normalized spacial score (nSPS) is 15.1. The van der Waals surface area contributed by atoms with Crippen molar-refractivity contribution in [2.75, 3.05) is 36.7 Å². The third-order valence-corrected chi connectivity index (χ3v) is 6.54. The van der Waals surface area contributed by atoms with E-state index in [2.05, 4.69) is 35.5 Å². The van der Waals surface area contributed by atoms with Crippen molar-refractivity contribution in [2.45, 2.75) is 17.7 Å². The van der Waals surface area contributed by atoms with Gasteiger partial charge < -0.3 is 21.7 Å². The van der Waals surface area contributed by atoms with Gasteiger partial charge in [-0.2, -0.15) is 0 Å². The second kappa shape index (κ2) is 8.40. The van der Waals surface area contributed by atoms with Crippen LogP contribution in [0.2, 0.25) is 5.02 Å². The van der Waals surface area contributed by atoms with Gasteiger partial charge in [0.25, 0.3) is 5.91 Å². The van der Waals surface area contributed by atoms with Crippen LogP contribution in [-0.4, -0.2) is 51.6 Å². The zero-order chi connectivity index (χ0) is 22.1. The molecule has 2 heterocycles. The molecule has 1 aliphatic rings. The molecule has 160 valence electrons. The SMILES string of the molecule is CN=S(C)(=O)c1cc(Cl)c(N)nc1Nc1cc(NC(=O)C2CC2)nnc1C(=O)NC. The van der Waals surface area contributed by atoms with Crippen LogP contribution in [0.3, 0.4) is 0 Å². The van der Waals surface area contributed by atoms with Gasteiger partial charge in [0.15, 0.2) is 11.5 Å². The summed E-state index contributed by atoms with van der Waals surface area (Å²) in [4.78, 5) is 28.7. The minimum Gasteiger partial charge on any atom is -0.382 e. The molecule has 0 bridgehead atoms. The highest BCUT2D eigenvalue weighted by Crippen LogP contribution is 2.32. The van der Waals surface area contributed by atoms with Gasteiger partial charge in [-0.3, -0.25) is 9.59 Å².